The summed E-state index contributed by atoms with van der Waals surface area (Å²) in [5, 5.41) is 4.11. The van der Waals surface area contributed by atoms with E-state index in [1.165, 1.54) is 0 Å². The van der Waals surface area contributed by atoms with E-state index in [2.05, 4.69) is 31.3 Å². The van der Waals surface area contributed by atoms with Crippen molar-refractivity contribution in [1.82, 2.24) is 5.43 Å². The molecule has 0 spiro atoms. The summed E-state index contributed by atoms with van der Waals surface area (Å²) in [6, 6.07) is 7.42. The third-order valence-corrected chi connectivity index (χ3v) is 2.72. The molecule has 0 aromatic heterocycles. The Morgan fingerprint density at radius 3 is 2.18 bits per heavy atom. The van der Waals surface area contributed by atoms with E-state index in [1.807, 2.05) is 26.0 Å². The summed E-state index contributed by atoms with van der Waals surface area (Å²) in [6.07, 6.45) is 0. The second-order valence-electron chi connectivity index (χ2n) is 5.25. The van der Waals surface area contributed by atoms with Crippen molar-refractivity contribution in [3.63, 3.8) is 0 Å². The minimum Gasteiger partial charge on any atom is -0.267 e. The Morgan fingerprint density at radius 2 is 1.71 bits per heavy atom. The number of amides is 1. The quantitative estimate of drug-likeness (QED) is 0.617. The van der Waals surface area contributed by atoms with Crippen molar-refractivity contribution in [2.24, 2.45) is 10.5 Å². The number of carbonyl (C=O) groups is 1. The molecular weight excluding hydrogens is 212 g/mol. The molecule has 0 saturated heterocycles. The van der Waals surface area contributed by atoms with Crippen molar-refractivity contribution in [3.05, 3.63) is 35.4 Å². The van der Waals surface area contributed by atoms with E-state index in [1.54, 1.807) is 12.1 Å². The number of rotatable bonds is 2. The van der Waals surface area contributed by atoms with Gasteiger partial charge in [0.25, 0.3) is 5.91 Å². The van der Waals surface area contributed by atoms with Gasteiger partial charge in [-0.15, -0.1) is 0 Å². The Labute approximate surface area is 103 Å². The Hall–Kier alpha value is -1.64. The molecule has 0 bridgehead atoms. The first-order valence-corrected chi connectivity index (χ1v) is 5.72. The van der Waals surface area contributed by atoms with E-state index >= 15 is 0 Å². The maximum atomic E-state index is 11.8. The predicted octanol–water partition coefficient (Wildman–Crippen LogP) is 3.15. The Bertz CT molecular complexity index is 425. The van der Waals surface area contributed by atoms with Gasteiger partial charge in [-0.05, 0) is 26.0 Å². The minimum absolute atomic E-state index is 0.0272. The van der Waals surface area contributed by atoms with Gasteiger partial charge in [-0.2, -0.15) is 5.10 Å². The smallest absolute Gasteiger partial charge is 0.267 e. The maximum Gasteiger partial charge on any atom is 0.271 e. The lowest BCUT2D eigenvalue weighted by atomic mass is 9.91. The molecular formula is C14H20N2O. The molecule has 1 aromatic rings. The lowest BCUT2D eigenvalue weighted by Crippen LogP contribution is -2.24. The van der Waals surface area contributed by atoms with Crippen molar-refractivity contribution in [2.45, 2.75) is 34.6 Å². The van der Waals surface area contributed by atoms with Gasteiger partial charge in [0, 0.05) is 16.7 Å². The van der Waals surface area contributed by atoms with E-state index in [-0.39, 0.29) is 11.3 Å². The van der Waals surface area contributed by atoms with Crippen molar-refractivity contribution < 1.29 is 4.79 Å². The molecule has 3 nitrogen and oxygen atoms in total. The molecule has 3 heteroatoms. The van der Waals surface area contributed by atoms with Gasteiger partial charge in [0.1, 0.15) is 0 Å². The lowest BCUT2D eigenvalue weighted by Gasteiger charge is -2.17. The molecule has 1 N–H and O–H groups in total. The minimum atomic E-state index is -0.173. The zero-order valence-electron chi connectivity index (χ0n) is 11.2. The average molecular weight is 232 g/mol. The monoisotopic (exact) mass is 232 g/mol. The van der Waals surface area contributed by atoms with Gasteiger partial charge in [-0.3, -0.25) is 4.79 Å². The first-order chi connectivity index (χ1) is 7.80. The van der Waals surface area contributed by atoms with Crippen LogP contribution in [0.4, 0.5) is 0 Å². The molecule has 0 unspecified atom stereocenters. The van der Waals surface area contributed by atoms with Crippen LogP contribution in [-0.4, -0.2) is 11.6 Å². The van der Waals surface area contributed by atoms with Crippen LogP contribution in [0, 0.1) is 12.3 Å². The predicted molar refractivity (Wildman–Crippen MR) is 71.2 cm³/mol. The first-order valence-electron chi connectivity index (χ1n) is 5.72. The Morgan fingerprint density at radius 1 is 1.18 bits per heavy atom. The van der Waals surface area contributed by atoms with Crippen LogP contribution in [0.15, 0.2) is 29.4 Å². The van der Waals surface area contributed by atoms with Crippen LogP contribution in [0.25, 0.3) is 0 Å². The first kappa shape index (κ1) is 13.4. The number of nitrogens with zero attached hydrogens (tertiary/aromatic N) is 1. The number of hydrogen-bond acceptors (Lipinski definition) is 2. The van der Waals surface area contributed by atoms with E-state index in [4.69, 9.17) is 0 Å². The molecule has 0 aliphatic heterocycles. The molecule has 0 saturated carbocycles. The molecule has 0 aliphatic rings. The van der Waals surface area contributed by atoms with Gasteiger partial charge >= 0.3 is 0 Å². The summed E-state index contributed by atoms with van der Waals surface area (Å²) < 4.78 is 0. The molecule has 1 aromatic carbocycles. The number of nitrogens with one attached hydrogen (secondary N) is 1. The van der Waals surface area contributed by atoms with E-state index < -0.39 is 0 Å². The van der Waals surface area contributed by atoms with E-state index in [9.17, 15) is 4.79 Å². The van der Waals surface area contributed by atoms with Crippen LogP contribution >= 0.6 is 0 Å². The van der Waals surface area contributed by atoms with Crippen LogP contribution < -0.4 is 5.43 Å². The van der Waals surface area contributed by atoms with Gasteiger partial charge in [-0.1, -0.05) is 38.5 Å². The van der Waals surface area contributed by atoms with Crippen molar-refractivity contribution in [1.29, 1.82) is 0 Å². The van der Waals surface area contributed by atoms with Crippen LogP contribution in [0.5, 0.6) is 0 Å². The van der Waals surface area contributed by atoms with Crippen molar-refractivity contribution >= 4 is 11.6 Å². The van der Waals surface area contributed by atoms with Crippen molar-refractivity contribution in [3.8, 4) is 0 Å². The highest BCUT2D eigenvalue weighted by Gasteiger charge is 2.14. The van der Waals surface area contributed by atoms with Crippen molar-refractivity contribution in [2.75, 3.05) is 0 Å². The van der Waals surface area contributed by atoms with E-state index in [0.717, 1.165) is 11.3 Å². The third-order valence-electron chi connectivity index (χ3n) is 2.72. The summed E-state index contributed by atoms with van der Waals surface area (Å²) in [5.74, 6) is -0.173. The molecule has 1 amide bonds. The highest BCUT2D eigenvalue weighted by Crippen LogP contribution is 2.14. The highest BCUT2D eigenvalue weighted by atomic mass is 16.2. The summed E-state index contributed by atoms with van der Waals surface area (Å²) >= 11 is 0. The lowest BCUT2D eigenvalue weighted by molar-refractivity contribution is 0.0954. The van der Waals surface area contributed by atoms with Crippen LogP contribution in [0.2, 0.25) is 0 Å². The fraction of sp³-hybridized carbons (Fsp3) is 0.429. The molecule has 17 heavy (non-hydrogen) atoms. The second kappa shape index (κ2) is 5.13. The zero-order chi connectivity index (χ0) is 13.1. The molecule has 0 heterocycles. The molecule has 0 atom stereocenters. The number of aryl methyl sites for hydroxylation is 1. The molecule has 0 radical (unpaired) electrons. The molecule has 92 valence electrons. The number of hydrazone groups is 1. The number of hydrogen-bond donors (Lipinski definition) is 1. The molecule has 0 fully saturated rings. The van der Waals surface area contributed by atoms with Gasteiger partial charge in [-0.25, -0.2) is 5.43 Å². The normalized spacial score (nSPS) is 12.4. The highest BCUT2D eigenvalue weighted by molar-refractivity contribution is 5.95. The number of carbonyl (C=O) groups excluding carboxylic acids is 1. The van der Waals surface area contributed by atoms with Gasteiger partial charge in [0.15, 0.2) is 0 Å². The maximum absolute atomic E-state index is 11.8. The number of benzene rings is 1. The Kier molecular flexibility index (Phi) is 4.05. The van der Waals surface area contributed by atoms with Crippen LogP contribution in [-0.2, 0) is 0 Å². The fourth-order valence-corrected chi connectivity index (χ4v) is 1.07. The van der Waals surface area contributed by atoms with Crippen LogP contribution in [0.1, 0.15) is 43.6 Å². The SMILES string of the molecule is C/C(=N/NC(=O)c1ccc(C)cc1)C(C)(C)C. The Balaban J connectivity index is 2.71. The summed E-state index contributed by atoms with van der Waals surface area (Å²) in [6.45, 7) is 10.1. The van der Waals surface area contributed by atoms with Gasteiger partial charge in [0.05, 0.1) is 0 Å². The molecule has 1 rings (SSSR count). The fourth-order valence-electron chi connectivity index (χ4n) is 1.07. The van der Waals surface area contributed by atoms with Gasteiger partial charge < -0.3 is 0 Å². The standard InChI is InChI=1S/C14H20N2O/c1-10-6-8-12(9-7-10)13(17)16-15-11(2)14(3,4)5/h6-9H,1-5H3,(H,16,17)/b15-11-. The topological polar surface area (TPSA) is 41.5 Å². The summed E-state index contributed by atoms with van der Waals surface area (Å²) in [7, 11) is 0. The van der Waals surface area contributed by atoms with Crippen LogP contribution in [0.3, 0.4) is 0 Å². The average Bonchev–Trinajstić information content (AvgIpc) is 2.25. The molecule has 0 aliphatic carbocycles. The van der Waals surface area contributed by atoms with E-state index in [0.29, 0.717) is 5.56 Å². The summed E-state index contributed by atoms with van der Waals surface area (Å²) in [4.78, 5) is 11.8. The zero-order valence-corrected chi connectivity index (χ0v) is 11.2. The second-order valence-corrected chi connectivity index (χ2v) is 5.25. The van der Waals surface area contributed by atoms with Gasteiger partial charge in [0.2, 0.25) is 0 Å². The largest absolute Gasteiger partial charge is 0.271 e. The third kappa shape index (κ3) is 4.02. The summed E-state index contributed by atoms with van der Waals surface area (Å²) in [5.41, 5.74) is 5.21.